The number of hydrogen-bond donors (Lipinski definition) is 0. The van der Waals surface area contributed by atoms with Crippen LogP contribution in [0.5, 0.6) is 0 Å². The Morgan fingerprint density at radius 3 is 2.50 bits per heavy atom. The number of nitrogens with zero attached hydrogens (tertiary/aromatic N) is 1. The molecule has 1 heteroatoms. The van der Waals surface area contributed by atoms with Crippen LogP contribution < -0.4 is 0 Å². The van der Waals surface area contributed by atoms with Gasteiger partial charge in [0.1, 0.15) is 6.54 Å². The maximum absolute atomic E-state index is 2.41. The molecule has 0 radical (unpaired) electrons. The van der Waals surface area contributed by atoms with Gasteiger partial charge in [0.15, 0.2) is 5.71 Å². The lowest BCUT2D eigenvalue weighted by Crippen LogP contribution is -2.26. The van der Waals surface area contributed by atoms with Crippen LogP contribution >= 0.6 is 0 Å². The van der Waals surface area contributed by atoms with Crippen molar-refractivity contribution in [1.82, 2.24) is 0 Å². The zero-order chi connectivity index (χ0) is 10.3. The number of benzene rings is 1. The molecule has 1 heterocycles. The minimum Gasteiger partial charge on any atom is -0.199 e. The summed E-state index contributed by atoms with van der Waals surface area (Å²) in [5, 5.41) is 0. The molecule has 0 spiro atoms. The maximum Gasteiger partial charge on any atom is 0.209 e. The molecular formula is C13H18N+. The van der Waals surface area contributed by atoms with E-state index < -0.39 is 0 Å². The van der Waals surface area contributed by atoms with Gasteiger partial charge in [0.05, 0.1) is 5.41 Å². The Kier molecular flexibility index (Phi) is 1.99. The first-order valence-corrected chi connectivity index (χ1v) is 5.30. The van der Waals surface area contributed by atoms with Crippen LogP contribution in [0, 0.1) is 0 Å². The van der Waals surface area contributed by atoms with Gasteiger partial charge < -0.3 is 0 Å². The van der Waals surface area contributed by atoms with Crippen LogP contribution in [0.2, 0.25) is 0 Å². The lowest BCUT2D eigenvalue weighted by molar-refractivity contribution is -0.434. The minimum atomic E-state index is 0.201. The molecule has 0 atom stereocenters. The van der Waals surface area contributed by atoms with Gasteiger partial charge >= 0.3 is 0 Å². The highest BCUT2D eigenvalue weighted by Gasteiger charge is 2.41. The van der Waals surface area contributed by atoms with Gasteiger partial charge in [-0.25, -0.2) is 0 Å². The summed E-state index contributed by atoms with van der Waals surface area (Å²) >= 11 is 0. The highest BCUT2D eigenvalue weighted by atomic mass is 15.0. The van der Waals surface area contributed by atoms with Crippen LogP contribution in [0.1, 0.15) is 33.3 Å². The molecule has 1 aliphatic heterocycles. The summed E-state index contributed by atoms with van der Waals surface area (Å²) in [6, 6.07) is 8.72. The van der Waals surface area contributed by atoms with Gasteiger partial charge in [-0.1, -0.05) is 18.2 Å². The van der Waals surface area contributed by atoms with Crippen molar-refractivity contribution in [2.24, 2.45) is 0 Å². The normalized spacial score (nSPS) is 18.6. The zero-order valence-electron chi connectivity index (χ0n) is 9.46. The highest BCUT2D eigenvalue weighted by molar-refractivity contribution is 5.93. The Hall–Kier alpha value is -1.11. The summed E-state index contributed by atoms with van der Waals surface area (Å²) in [4.78, 5) is 0. The van der Waals surface area contributed by atoms with Gasteiger partial charge in [0, 0.05) is 18.6 Å². The summed E-state index contributed by atoms with van der Waals surface area (Å²) in [7, 11) is 0. The predicted octanol–water partition coefficient (Wildman–Crippen LogP) is 3.10. The van der Waals surface area contributed by atoms with Crippen molar-refractivity contribution in [3.05, 3.63) is 29.8 Å². The lowest BCUT2D eigenvalue weighted by atomic mass is 9.82. The molecule has 2 rings (SSSR count). The van der Waals surface area contributed by atoms with Crippen molar-refractivity contribution < 1.29 is 4.58 Å². The van der Waals surface area contributed by atoms with Crippen molar-refractivity contribution in [3.8, 4) is 0 Å². The van der Waals surface area contributed by atoms with E-state index in [-0.39, 0.29) is 5.41 Å². The molecule has 0 bridgehead atoms. The summed E-state index contributed by atoms with van der Waals surface area (Å²) in [6.45, 7) is 10.1. The quantitative estimate of drug-likeness (QED) is 0.596. The van der Waals surface area contributed by atoms with E-state index in [9.17, 15) is 0 Å². The van der Waals surface area contributed by atoms with E-state index in [1.807, 2.05) is 0 Å². The van der Waals surface area contributed by atoms with Crippen LogP contribution in [0.3, 0.4) is 0 Å². The van der Waals surface area contributed by atoms with Crippen LogP contribution in [-0.2, 0) is 5.41 Å². The summed E-state index contributed by atoms with van der Waals surface area (Å²) < 4.78 is 2.41. The van der Waals surface area contributed by atoms with Crippen molar-refractivity contribution >= 4 is 11.4 Å². The van der Waals surface area contributed by atoms with Gasteiger partial charge in [-0.3, -0.25) is 0 Å². The first-order chi connectivity index (χ1) is 6.59. The molecule has 0 aliphatic carbocycles. The van der Waals surface area contributed by atoms with Crippen molar-refractivity contribution in [3.63, 3.8) is 0 Å². The molecule has 0 N–H and O–H groups in total. The summed E-state index contributed by atoms with van der Waals surface area (Å²) in [6.07, 6.45) is 0. The third-order valence-corrected chi connectivity index (χ3v) is 3.49. The van der Waals surface area contributed by atoms with Gasteiger partial charge in [-0.05, 0) is 20.8 Å². The second-order valence-electron chi connectivity index (χ2n) is 4.47. The molecule has 0 aromatic heterocycles. The summed E-state index contributed by atoms with van der Waals surface area (Å²) in [5.41, 5.74) is 4.50. The smallest absolute Gasteiger partial charge is 0.199 e. The van der Waals surface area contributed by atoms with Crippen molar-refractivity contribution in [2.75, 3.05) is 6.54 Å². The van der Waals surface area contributed by atoms with E-state index in [1.54, 1.807) is 0 Å². The third kappa shape index (κ3) is 1.05. The number of rotatable bonds is 1. The average Bonchev–Trinajstić information content (AvgIpc) is 2.37. The fourth-order valence-electron chi connectivity index (χ4n) is 2.36. The third-order valence-electron chi connectivity index (χ3n) is 3.49. The molecule has 0 saturated heterocycles. The topological polar surface area (TPSA) is 3.01 Å². The molecule has 1 nitrogen and oxygen atoms in total. The molecule has 1 aromatic carbocycles. The van der Waals surface area contributed by atoms with E-state index in [0.29, 0.717) is 0 Å². The highest BCUT2D eigenvalue weighted by Crippen LogP contribution is 2.38. The van der Waals surface area contributed by atoms with Crippen LogP contribution in [-0.4, -0.2) is 16.8 Å². The fourth-order valence-corrected chi connectivity index (χ4v) is 2.36. The number of hydrogen-bond acceptors (Lipinski definition) is 0. The maximum atomic E-state index is 2.41. The first-order valence-electron chi connectivity index (χ1n) is 5.30. The molecule has 0 unspecified atom stereocenters. The molecular weight excluding hydrogens is 170 g/mol. The predicted molar refractivity (Wildman–Crippen MR) is 60.6 cm³/mol. The Labute approximate surface area is 86.1 Å². The molecule has 0 fully saturated rings. The van der Waals surface area contributed by atoms with E-state index in [4.69, 9.17) is 0 Å². The van der Waals surface area contributed by atoms with E-state index in [2.05, 4.69) is 56.5 Å². The van der Waals surface area contributed by atoms with Gasteiger partial charge in [0.2, 0.25) is 5.69 Å². The average molecular weight is 188 g/mol. The molecule has 14 heavy (non-hydrogen) atoms. The van der Waals surface area contributed by atoms with Crippen molar-refractivity contribution in [1.29, 1.82) is 0 Å². The molecule has 0 amide bonds. The molecule has 0 saturated carbocycles. The second kappa shape index (κ2) is 2.94. The van der Waals surface area contributed by atoms with E-state index >= 15 is 0 Å². The van der Waals surface area contributed by atoms with Crippen LogP contribution in [0.15, 0.2) is 24.3 Å². The van der Waals surface area contributed by atoms with Crippen LogP contribution in [0.4, 0.5) is 5.69 Å². The zero-order valence-corrected chi connectivity index (χ0v) is 9.46. The Balaban J connectivity index is 2.70. The molecule has 1 aliphatic rings. The standard InChI is InChI=1S/C13H18N/c1-5-14-10(2)13(3,4)11-8-6-7-9-12(11)14/h6-9H,5H2,1-4H3/q+1. The number of para-hydroxylation sites is 1. The fraction of sp³-hybridized carbons (Fsp3) is 0.462. The number of fused-ring (bicyclic) bond motifs is 1. The Bertz CT molecular complexity index is 399. The van der Waals surface area contributed by atoms with E-state index in [0.717, 1.165) is 6.54 Å². The first kappa shape index (κ1) is 9.45. The van der Waals surface area contributed by atoms with E-state index in [1.165, 1.54) is 17.0 Å². The van der Waals surface area contributed by atoms with Gasteiger partial charge in [-0.15, -0.1) is 0 Å². The second-order valence-corrected chi connectivity index (χ2v) is 4.47. The Morgan fingerprint density at radius 1 is 1.21 bits per heavy atom. The molecule has 74 valence electrons. The van der Waals surface area contributed by atoms with Gasteiger partial charge in [0.25, 0.3) is 0 Å². The Morgan fingerprint density at radius 2 is 1.86 bits per heavy atom. The lowest BCUT2D eigenvalue weighted by Gasteiger charge is -2.14. The SMILES string of the molecule is CC[N+]1=C(C)C(C)(C)c2ccccc21. The minimum absolute atomic E-state index is 0.201. The largest absolute Gasteiger partial charge is 0.209 e. The van der Waals surface area contributed by atoms with Crippen molar-refractivity contribution in [2.45, 2.75) is 33.1 Å². The summed E-state index contributed by atoms with van der Waals surface area (Å²) in [5.74, 6) is 0. The molecule has 1 aromatic rings. The van der Waals surface area contributed by atoms with Gasteiger partial charge in [-0.2, -0.15) is 4.58 Å². The monoisotopic (exact) mass is 188 g/mol. The van der Waals surface area contributed by atoms with Crippen LogP contribution in [0.25, 0.3) is 0 Å².